The van der Waals surface area contributed by atoms with Crippen LogP contribution in [-0.2, 0) is 21.4 Å². The highest BCUT2D eigenvalue weighted by Gasteiger charge is 2.45. The molecule has 0 saturated carbocycles. The highest BCUT2D eigenvalue weighted by atomic mass is 16.5. The summed E-state index contributed by atoms with van der Waals surface area (Å²) in [7, 11) is 0. The van der Waals surface area contributed by atoms with Gasteiger partial charge in [-0.1, -0.05) is 24.3 Å². The van der Waals surface area contributed by atoms with Gasteiger partial charge in [0.25, 0.3) is 5.91 Å². The fourth-order valence-electron chi connectivity index (χ4n) is 4.70. The number of carbonyl (C=O) groups excluding carboxylic acids is 1. The van der Waals surface area contributed by atoms with Gasteiger partial charge in [0, 0.05) is 19.7 Å². The third-order valence-corrected chi connectivity index (χ3v) is 6.14. The lowest BCUT2D eigenvalue weighted by atomic mass is 9.73. The molecule has 1 spiro atoms. The van der Waals surface area contributed by atoms with Crippen LogP contribution in [0.4, 0.5) is 0 Å². The summed E-state index contributed by atoms with van der Waals surface area (Å²) in [5.74, 6) is 0.214. The van der Waals surface area contributed by atoms with Gasteiger partial charge in [-0.25, -0.2) is 0 Å². The zero-order chi connectivity index (χ0) is 15.2. The van der Waals surface area contributed by atoms with Crippen molar-refractivity contribution in [1.82, 2.24) is 4.90 Å². The Labute approximate surface area is 132 Å². The summed E-state index contributed by atoms with van der Waals surface area (Å²) in [4.78, 5) is 14.8. The van der Waals surface area contributed by atoms with E-state index in [1.807, 2.05) is 6.92 Å². The second-order valence-corrected chi connectivity index (χ2v) is 7.41. The van der Waals surface area contributed by atoms with Crippen molar-refractivity contribution in [1.29, 1.82) is 0 Å². The number of nitrogens with zero attached hydrogens (tertiary/aromatic N) is 1. The third kappa shape index (κ3) is 2.10. The van der Waals surface area contributed by atoms with E-state index in [0.29, 0.717) is 5.41 Å². The number of ether oxygens (including phenoxy) is 1. The number of benzene rings is 1. The third-order valence-electron chi connectivity index (χ3n) is 6.14. The molecular weight excluding hydrogens is 274 g/mol. The summed E-state index contributed by atoms with van der Waals surface area (Å²) in [5.41, 5.74) is 2.84. The van der Waals surface area contributed by atoms with Crippen molar-refractivity contribution >= 4 is 5.91 Å². The lowest BCUT2D eigenvalue weighted by Crippen LogP contribution is -2.52. The van der Waals surface area contributed by atoms with Gasteiger partial charge in [0.1, 0.15) is 5.60 Å². The van der Waals surface area contributed by atoms with E-state index in [1.165, 1.54) is 18.4 Å². The topological polar surface area (TPSA) is 29.5 Å². The summed E-state index contributed by atoms with van der Waals surface area (Å²) in [6.45, 7) is 4.46. The van der Waals surface area contributed by atoms with Crippen molar-refractivity contribution in [2.45, 2.75) is 56.5 Å². The smallest absolute Gasteiger partial charge is 0.254 e. The molecule has 0 radical (unpaired) electrons. The van der Waals surface area contributed by atoms with Crippen molar-refractivity contribution in [2.75, 3.05) is 19.7 Å². The lowest BCUT2D eigenvalue weighted by molar-refractivity contribution is -0.152. The molecule has 1 aromatic rings. The molecule has 2 fully saturated rings. The van der Waals surface area contributed by atoms with Gasteiger partial charge in [-0.3, -0.25) is 4.79 Å². The molecule has 3 aliphatic rings. The van der Waals surface area contributed by atoms with Crippen LogP contribution in [0.5, 0.6) is 0 Å². The molecule has 0 bridgehead atoms. The second kappa shape index (κ2) is 5.09. The monoisotopic (exact) mass is 299 g/mol. The Morgan fingerprint density at radius 2 is 1.91 bits per heavy atom. The number of carbonyl (C=O) groups is 1. The summed E-state index contributed by atoms with van der Waals surface area (Å²) in [6, 6.07) is 8.89. The molecule has 22 heavy (non-hydrogen) atoms. The number of hydrogen-bond donors (Lipinski definition) is 0. The Bertz CT molecular complexity index is 581. The molecule has 118 valence electrons. The summed E-state index contributed by atoms with van der Waals surface area (Å²) < 4.78 is 5.74. The number of likely N-dealkylation sites (tertiary alicyclic amines) is 1. The maximum absolute atomic E-state index is 12.8. The van der Waals surface area contributed by atoms with Crippen molar-refractivity contribution in [3.63, 3.8) is 0 Å². The van der Waals surface area contributed by atoms with E-state index in [1.54, 1.807) is 5.56 Å². The van der Waals surface area contributed by atoms with Gasteiger partial charge in [-0.15, -0.1) is 0 Å². The van der Waals surface area contributed by atoms with Gasteiger partial charge in [0.05, 0.1) is 0 Å². The quantitative estimate of drug-likeness (QED) is 0.797. The fraction of sp³-hybridized carbons (Fsp3) is 0.632. The van der Waals surface area contributed by atoms with E-state index in [2.05, 4.69) is 29.2 Å². The molecule has 3 nitrogen and oxygen atoms in total. The number of hydrogen-bond acceptors (Lipinski definition) is 2. The zero-order valence-electron chi connectivity index (χ0n) is 13.4. The molecule has 1 aromatic carbocycles. The van der Waals surface area contributed by atoms with Crippen LogP contribution in [0, 0.1) is 0 Å². The van der Waals surface area contributed by atoms with Crippen molar-refractivity contribution in [3.8, 4) is 0 Å². The Kier molecular flexibility index (Phi) is 3.30. The van der Waals surface area contributed by atoms with E-state index in [-0.39, 0.29) is 5.91 Å². The number of fused-ring (bicyclic) bond motifs is 2. The number of amides is 1. The predicted octanol–water partition coefficient (Wildman–Crippen LogP) is 3.06. The Morgan fingerprint density at radius 1 is 1.14 bits per heavy atom. The maximum atomic E-state index is 12.8. The molecule has 1 atom stereocenters. The first-order valence-electron chi connectivity index (χ1n) is 8.65. The number of piperidine rings is 1. The zero-order valence-corrected chi connectivity index (χ0v) is 13.4. The summed E-state index contributed by atoms with van der Waals surface area (Å²) in [5, 5.41) is 0. The van der Waals surface area contributed by atoms with Gasteiger partial charge in [0.15, 0.2) is 0 Å². The van der Waals surface area contributed by atoms with Crippen LogP contribution < -0.4 is 0 Å². The lowest BCUT2D eigenvalue weighted by Gasteiger charge is -2.42. The first-order valence-corrected chi connectivity index (χ1v) is 8.65. The normalized spacial score (nSPS) is 29.8. The van der Waals surface area contributed by atoms with Crippen LogP contribution >= 0.6 is 0 Å². The highest BCUT2D eigenvalue weighted by Crippen LogP contribution is 2.46. The van der Waals surface area contributed by atoms with E-state index in [0.717, 1.165) is 45.4 Å². The average Bonchev–Trinajstić information content (AvgIpc) is 3.14. The molecule has 4 rings (SSSR count). The van der Waals surface area contributed by atoms with Crippen LogP contribution in [0.15, 0.2) is 24.3 Å². The first-order chi connectivity index (χ1) is 10.6. The van der Waals surface area contributed by atoms with Crippen molar-refractivity contribution < 1.29 is 9.53 Å². The van der Waals surface area contributed by atoms with E-state index >= 15 is 0 Å². The average molecular weight is 299 g/mol. The van der Waals surface area contributed by atoms with E-state index < -0.39 is 5.60 Å². The van der Waals surface area contributed by atoms with Gasteiger partial charge >= 0.3 is 0 Å². The molecule has 1 amide bonds. The molecule has 2 aliphatic heterocycles. The molecule has 1 unspecified atom stereocenters. The highest BCUT2D eigenvalue weighted by molar-refractivity contribution is 5.85. The largest absolute Gasteiger partial charge is 0.365 e. The SMILES string of the molecule is CC1(C(=O)N2CCC3(CCc4ccccc43)CC2)CCCO1. The Balaban J connectivity index is 1.48. The van der Waals surface area contributed by atoms with Crippen LogP contribution in [0.25, 0.3) is 0 Å². The molecule has 0 N–H and O–H groups in total. The Hall–Kier alpha value is -1.35. The minimum atomic E-state index is -0.557. The van der Waals surface area contributed by atoms with Gasteiger partial charge < -0.3 is 9.64 Å². The molecule has 1 aliphatic carbocycles. The maximum Gasteiger partial charge on any atom is 0.254 e. The predicted molar refractivity (Wildman–Crippen MR) is 85.8 cm³/mol. The first kappa shape index (κ1) is 14.3. The van der Waals surface area contributed by atoms with Crippen LogP contribution in [0.2, 0.25) is 0 Å². The molecular formula is C19H25NO2. The Morgan fingerprint density at radius 3 is 2.64 bits per heavy atom. The van der Waals surface area contributed by atoms with Crippen molar-refractivity contribution in [2.24, 2.45) is 0 Å². The minimum absolute atomic E-state index is 0.214. The fourth-order valence-corrected chi connectivity index (χ4v) is 4.70. The van der Waals surface area contributed by atoms with Crippen LogP contribution in [-0.4, -0.2) is 36.1 Å². The standard InChI is InChI=1S/C19H25NO2/c1-18(8-4-14-22-18)17(21)20-12-10-19(11-13-20)9-7-15-5-2-3-6-16(15)19/h2-3,5-6H,4,7-14H2,1H3. The molecule has 3 heteroatoms. The van der Waals surface area contributed by atoms with E-state index in [9.17, 15) is 4.79 Å². The molecule has 0 aromatic heterocycles. The van der Waals surface area contributed by atoms with Crippen LogP contribution in [0.3, 0.4) is 0 Å². The minimum Gasteiger partial charge on any atom is -0.365 e. The van der Waals surface area contributed by atoms with Gasteiger partial charge in [-0.05, 0) is 62.0 Å². The second-order valence-electron chi connectivity index (χ2n) is 7.41. The van der Waals surface area contributed by atoms with Gasteiger partial charge in [0.2, 0.25) is 0 Å². The van der Waals surface area contributed by atoms with Crippen molar-refractivity contribution in [3.05, 3.63) is 35.4 Å². The molecule has 2 saturated heterocycles. The number of rotatable bonds is 1. The molecule has 2 heterocycles. The summed E-state index contributed by atoms with van der Waals surface area (Å²) in [6.07, 6.45) is 6.54. The van der Waals surface area contributed by atoms with E-state index in [4.69, 9.17) is 4.74 Å². The van der Waals surface area contributed by atoms with Gasteiger partial charge in [-0.2, -0.15) is 0 Å². The summed E-state index contributed by atoms with van der Waals surface area (Å²) >= 11 is 0. The number of aryl methyl sites for hydroxylation is 1. The van der Waals surface area contributed by atoms with Crippen LogP contribution in [0.1, 0.15) is 50.2 Å².